The maximum atomic E-state index is 12.0. The van der Waals surface area contributed by atoms with Gasteiger partial charge in [0.1, 0.15) is 0 Å². The lowest BCUT2D eigenvalue weighted by atomic mass is 10.1. The van der Waals surface area contributed by atoms with E-state index in [4.69, 9.17) is 0 Å². The number of hydrogen-bond donors (Lipinski definition) is 1. The molecule has 0 atom stereocenters. The minimum absolute atomic E-state index is 0. The van der Waals surface area contributed by atoms with Crippen molar-refractivity contribution >= 4 is 11.6 Å². The Kier molecular flexibility index (Phi) is 5.71. The number of nitrogens with zero attached hydrogens (tertiary/aromatic N) is 1. The molecule has 1 N–H and O–H groups in total. The Labute approximate surface area is 126 Å². The Balaban J connectivity index is 0.00000200. The van der Waals surface area contributed by atoms with E-state index in [0.29, 0.717) is 6.54 Å². The molecule has 0 unspecified atom stereocenters. The lowest BCUT2D eigenvalue weighted by Crippen LogP contribution is -3.00. The van der Waals surface area contributed by atoms with Gasteiger partial charge >= 0.3 is 0 Å². The number of carbonyl (C=O) groups excluding carboxylic acids is 1. The Hall–Kier alpha value is -1.87. The fourth-order valence-corrected chi connectivity index (χ4v) is 1.86. The van der Waals surface area contributed by atoms with E-state index >= 15 is 0 Å². The fraction of sp³-hybridized carbons (Fsp3) is 0.250. The number of anilines is 1. The first kappa shape index (κ1) is 16.2. The molecule has 0 fully saturated rings. The molecule has 1 aromatic heterocycles. The SMILES string of the molecule is Cc1cc[n+](CC(=O)Nc2cc(C)ccc2C)cc1.[Cl-]. The van der Waals surface area contributed by atoms with Crippen molar-refractivity contribution < 1.29 is 21.8 Å². The summed E-state index contributed by atoms with van der Waals surface area (Å²) >= 11 is 0. The predicted molar refractivity (Wildman–Crippen MR) is 75.9 cm³/mol. The van der Waals surface area contributed by atoms with E-state index in [1.165, 1.54) is 5.56 Å². The third-order valence-corrected chi connectivity index (χ3v) is 3.05. The molecule has 20 heavy (non-hydrogen) atoms. The summed E-state index contributed by atoms with van der Waals surface area (Å²) in [4.78, 5) is 12.0. The van der Waals surface area contributed by atoms with E-state index in [2.05, 4.69) is 5.32 Å². The molecule has 3 nitrogen and oxygen atoms in total. The first-order chi connectivity index (χ1) is 9.04. The van der Waals surface area contributed by atoms with Crippen LogP contribution in [-0.2, 0) is 11.3 Å². The number of nitrogens with one attached hydrogen (secondary N) is 1. The van der Waals surface area contributed by atoms with Gasteiger partial charge in [-0.2, -0.15) is 4.57 Å². The van der Waals surface area contributed by atoms with Crippen molar-refractivity contribution in [2.45, 2.75) is 27.3 Å². The van der Waals surface area contributed by atoms with Crippen LogP contribution in [0.5, 0.6) is 0 Å². The maximum absolute atomic E-state index is 12.0. The van der Waals surface area contributed by atoms with Crippen LogP contribution >= 0.6 is 0 Å². The highest BCUT2D eigenvalue weighted by Crippen LogP contribution is 2.15. The van der Waals surface area contributed by atoms with Crippen molar-refractivity contribution in [3.05, 3.63) is 59.4 Å². The van der Waals surface area contributed by atoms with E-state index in [1.54, 1.807) is 0 Å². The first-order valence-corrected chi connectivity index (χ1v) is 6.37. The molecule has 0 aliphatic heterocycles. The lowest BCUT2D eigenvalue weighted by molar-refractivity contribution is -0.684. The van der Waals surface area contributed by atoms with Gasteiger partial charge in [-0.3, -0.25) is 4.79 Å². The van der Waals surface area contributed by atoms with Crippen LogP contribution in [0, 0.1) is 20.8 Å². The zero-order valence-corrected chi connectivity index (χ0v) is 12.7. The van der Waals surface area contributed by atoms with E-state index in [9.17, 15) is 4.79 Å². The molecule has 0 saturated carbocycles. The summed E-state index contributed by atoms with van der Waals surface area (Å²) in [5.41, 5.74) is 4.29. The Morgan fingerprint density at radius 3 is 2.35 bits per heavy atom. The molecule has 106 valence electrons. The monoisotopic (exact) mass is 290 g/mol. The Morgan fingerprint density at radius 2 is 1.70 bits per heavy atom. The number of benzene rings is 1. The number of pyridine rings is 1. The van der Waals surface area contributed by atoms with Gasteiger partial charge in [0.2, 0.25) is 6.54 Å². The van der Waals surface area contributed by atoms with Gasteiger partial charge in [0.05, 0.1) is 0 Å². The average Bonchev–Trinajstić information content (AvgIpc) is 2.37. The van der Waals surface area contributed by atoms with Crippen LogP contribution in [0.2, 0.25) is 0 Å². The lowest BCUT2D eigenvalue weighted by Gasteiger charge is -2.07. The highest BCUT2D eigenvalue weighted by molar-refractivity contribution is 5.90. The molecular weight excluding hydrogens is 272 g/mol. The quantitative estimate of drug-likeness (QED) is 0.763. The van der Waals surface area contributed by atoms with Crippen LogP contribution in [0.25, 0.3) is 0 Å². The van der Waals surface area contributed by atoms with Crippen LogP contribution in [0.1, 0.15) is 16.7 Å². The topological polar surface area (TPSA) is 33.0 Å². The molecular formula is C16H19ClN2O. The average molecular weight is 291 g/mol. The van der Waals surface area contributed by atoms with E-state index in [-0.39, 0.29) is 18.3 Å². The molecule has 2 rings (SSSR count). The van der Waals surface area contributed by atoms with Crippen molar-refractivity contribution in [1.29, 1.82) is 0 Å². The summed E-state index contributed by atoms with van der Waals surface area (Å²) in [6, 6.07) is 10.0. The Morgan fingerprint density at radius 1 is 1.05 bits per heavy atom. The van der Waals surface area contributed by atoms with Crippen LogP contribution in [-0.4, -0.2) is 5.91 Å². The molecule has 0 saturated heterocycles. The molecule has 0 spiro atoms. The van der Waals surface area contributed by atoms with E-state index < -0.39 is 0 Å². The minimum Gasteiger partial charge on any atom is -1.00 e. The largest absolute Gasteiger partial charge is 1.00 e. The second kappa shape index (κ2) is 7.06. The second-order valence-corrected chi connectivity index (χ2v) is 4.91. The number of amides is 1. The molecule has 0 aliphatic rings. The third kappa shape index (κ3) is 4.35. The summed E-state index contributed by atoms with van der Waals surface area (Å²) < 4.78 is 1.87. The zero-order valence-electron chi connectivity index (χ0n) is 12.0. The first-order valence-electron chi connectivity index (χ1n) is 6.37. The predicted octanol–water partition coefficient (Wildman–Crippen LogP) is -0.458. The Bertz CT molecular complexity index is 594. The molecule has 4 heteroatoms. The highest BCUT2D eigenvalue weighted by atomic mass is 35.5. The fourth-order valence-electron chi connectivity index (χ4n) is 1.86. The smallest absolute Gasteiger partial charge is 0.290 e. The van der Waals surface area contributed by atoms with Gasteiger partial charge in [-0.25, -0.2) is 0 Å². The minimum atomic E-state index is -0.0115. The molecule has 1 aromatic carbocycles. The number of aryl methyl sites for hydroxylation is 3. The van der Waals surface area contributed by atoms with Crippen LogP contribution in [0.15, 0.2) is 42.7 Å². The number of halogens is 1. The van der Waals surface area contributed by atoms with Gasteiger partial charge in [0.15, 0.2) is 12.4 Å². The summed E-state index contributed by atoms with van der Waals surface area (Å²) in [7, 11) is 0. The molecule has 0 radical (unpaired) electrons. The second-order valence-electron chi connectivity index (χ2n) is 4.91. The highest BCUT2D eigenvalue weighted by Gasteiger charge is 2.10. The van der Waals surface area contributed by atoms with Crippen LogP contribution in [0.4, 0.5) is 5.69 Å². The summed E-state index contributed by atoms with van der Waals surface area (Å²) in [5.74, 6) is -0.0115. The molecule has 1 amide bonds. The summed E-state index contributed by atoms with van der Waals surface area (Å²) in [6.07, 6.45) is 3.83. The summed E-state index contributed by atoms with van der Waals surface area (Å²) in [5, 5.41) is 2.95. The van der Waals surface area contributed by atoms with Gasteiger partial charge in [-0.15, -0.1) is 0 Å². The summed E-state index contributed by atoms with van der Waals surface area (Å²) in [6.45, 7) is 6.37. The van der Waals surface area contributed by atoms with Gasteiger partial charge in [0, 0.05) is 17.8 Å². The standard InChI is InChI=1S/C16H18N2O.ClH/c1-12-6-8-18(9-7-12)11-16(19)17-15-10-13(2)4-5-14(15)3;/h4-10H,11H2,1-3H3;1H. The van der Waals surface area contributed by atoms with Gasteiger partial charge in [0.25, 0.3) is 5.91 Å². The third-order valence-electron chi connectivity index (χ3n) is 3.05. The molecule has 2 aromatic rings. The number of hydrogen-bond acceptors (Lipinski definition) is 1. The molecule has 0 bridgehead atoms. The van der Waals surface area contributed by atoms with Crippen molar-refractivity contribution in [2.75, 3.05) is 5.32 Å². The van der Waals surface area contributed by atoms with Crippen molar-refractivity contribution in [3.8, 4) is 0 Å². The van der Waals surface area contributed by atoms with E-state index in [1.807, 2.05) is 68.1 Å². The molecule has 0 aliphatic carbocycles. The number of rotatable bonds is 3. The molecule has 1 heterocycles. The normalized spacial score (nSPS) is 9.75. The number of carbonyl (C=O) groups is 1. The van der Waals surface area contributed by atoms with Crippen molar-refractivity contribution in [3.63, 3.8) is 0 Å². The maximum Gasteiger partial charge on any atom is 0.290 e. The van der Waals surface area contributed by atoms with Crippen molar-refractivity contribution in [2.24, 2.45) is 0 Å². The van der Waals surface area contributed by atoms with Gasteiger partial charge in [-0.1, -0.05) is 12.1 Å². The van der Waals surface area contributed by atoms with Gasteiger partial charge in [-0.05, 0) is 43.5 Å². The zero-order chi connectivity index (χ0) is 13.8. The van der Waals surface area contributed by atoms with Crippen LogP contribution < -0.4 is 22.3 Å². The number of aromatic nitrogens is 1. The van der Waals surface area contributed by atoms with Crippen molar-refractivity contribution in [1.82, 2.24) is 0 Å². The van der Waals surface area contributed by atoms with Gasteiger partial charge < -0.3 is 17.7 Å². The van der Waals surface area contributed by atoms with E-state index in [0.717, 1.165) is 16.8 Å². The van der Waals surface area contributed by atoms with Crippen LogP contribution in [0.3, 0.4) is 0 Å².